The summed E-state index contributed by atoms with van der Waals surface area (Å²) in [6, 6.07) is 11.5. The number of para-hydroxylation sites is 1. The van der Waals surface area contributed by atoms with E-state index in [1.54, 1.807) is 23.5 Å². The predicted octanol–water partition coefficient (Wildman–Crippen LogP) is 5.55. The third kappa shape index (κ3) is 3.33. The van der Waals surface area contributed by atoms with Crippen LogP contribution in [0.5, 0.6) is 0 Å². The molecule has 0 atom stereocenters. The number of aromatic nitrogens is 1. The number of benzene rings is 2. The second-order valence-electron chi connectivity index (χ2n) is 4.50. The van der Waals surface area contributed by atoms with E-state index in [0.717, 1.165) is 16.1 Å². The number of halogens is 3. The van der Waals surface area contributed by atoms with Gasteiger partial charge in [-0.2, -0.15) is 0 Å². The third-order valence-electron chi connectivity index (χ3n) is 3.06. The number of nitrogens with zero attached hydrogens (tertiary/aromatic N) is 1. The van der Waals surface area contributed by atoms with Gasteiger partial charge in [0.15, 0.2) is 0 Å². The molecule has 0 radical (unpaired) electrons. The second-order valence-corrected chi connectivity index (χ2v) is 6.81. The summed E-state index contributed by atoms with van der Waals surface area (Å²) in [6.45, 7) is 1.21. The van der Waals surface area contributed by atoms with Gasteiger partial charge in [-0.25, -0.2) is 4.98 Å². The summed E-state index contributed by atoms with van der Waals surface area (Å²) in [6.07, 6.45) is 0. The van der Waals surface area contributed by atoms with Gasteiger partial charge in [0.1, 0.15) is 5.01 Å². The van der Waals surface area contributed by atoms with Crippen LogP contribution in [0.3, 0.4) is 0 Å². The summed E-state index contributed by atoms with van der Waals surface area (Å²) in [4.78, 5) is 4.57. The maximum atomic E-state index is 6.18. The average Bonchev–Trinajstić information content (AvgIpc) is 2.89. The van der Waals surface area contributed by atoms with Gasteiger partial charge in [0.05, 0.1) is 20.3 Å². The van der Waals surface area contributed by atoms with E-state index < -0.39 is 0 Å². The van der Waals surface area contributed by atoms with E-state index >= 15 is 0 Å². The molecule has 1 aromatic heterocycles. The molecule has 2 aromatic carbocycles. The number of thiazole rings is 1. The van der Waals surface area contributed by atoms with Gasteiger partial charge in [-0.1, -0.05) is 46.9 Å². The zero-order chi connectivity index (χ0) is 14.8. The standard InChI is InChI=1S/C15H11Cl3N2S/c16-10-5-6-11(17)15(18)9(10)7-19-8-14-20-12-3-1-2-4-13(12)21-14/h1-6,19H,7-8H2. The van der Waals surface area contributed by atoms with Crippen LogP contribution in [0.4, 0.5) is 0 Å². The van der Waals surface area contributed by atoms with Gasteiger partial charge >= 0.3 is 0 Å². The Bertz CT molecular complexity index is 753. The van der Waals surface area contributed by atoms with Gasteiger partial charge in [-0.05, 0) is 24.3 Å². The Morgan fingerprint density at radius 1 is 0.952 bits per heavy atom. The van der Waals surface area contributed by atoms with Crippen LogP contribution in [0.2, 0.25) is 15.1 Å². The fourth-order valence-electron chi connectivity index (χ4n) is 2.02. The van der Waals surface area contributed by atoms with Gasteiger partial charge in [-0.15, -0.1) is 11.3 Å². The van der Waals surface area contributed by atoms with E-state index in [2.05, 4.69) is 16.4 Å². The molecule has 1 N–H and O–H groups in total. The van der Waals surface area contributed by atoms with Crippen LogP contribution in [-0.2, 0) is 13.1 Å². The summed E-state index contributed by atoms with van der Waals surface area (Å²) in [7, 11) is 0. The molecule has 2 nitrogen and oxygen atoms in total. The van der Waals surface area contributed by atoms with Crippen LogP contribution < -0.4 is 5.32 Å². The minimum absolute atomic E-state index is 0.501. The van der Waals surface area contributed by atoms with E-state index in [4.69, 9.17) is 34.8 Å². The number of nitrogens with one attached hydrogen (secondary N) is 1. The quantitative estimate of drug-likeness (QED) is 0.619. The number of fused-ring (bicyclic) bond motifs is 1. The Morgan fingerprint density at radius 2 is 1.71 bits per heavy atom. The Morgan fingerprint density at radius 3 is 2.52 bits per heavy atom. The van der Waals surface area contributed by atoms with E-state index in [0.29, 0.717) is 28.2 Å². The van der Waals surface area contributed by atoms with E-state index in [9.17, 15) is 0 Å². The summed E-state index contributed by atoms with van der Waals surface area (Å²) >= 11 is 20.0. The molecular weight excluding hydrogens is 347 g/mol. The SMILES string of the molecule is Clc1ccc(Cl)c(CNCc2nc3ccccc3s2)c1Cl. The summed E-state index contributed by atoms with van der Waals surface area (Å²) in [5.41, 5.74) is 1.84. The molecule has 0 aliphatic rings. The molecule has 0 bridgehead atoms. The molecule has 0 saturated carbocycles. The first-order valence-corrected chi connectivity index (χ1v) is 8.28. The highest BCUT2D eigenvalue weighted by atomic mass is 35.5. The van der Waals surface area contributed by atoms with Crippen LogP contribution >= 0.6 is 46.1 Å². The topological polar surface area (TPSA) is 24.9 Å². The lowest BCUT2D eigenvalue weighted by Gasteiger charge is -2.09. The maximum absolute atomic E-state index is 6.18. The highest BCUT2D eigenvalue weighted by Crippen LogP contribution is 2.31. The van der Waals surface area contributed by atoms with Crippen molar-refractivity contribution in [3.05, 3.63) is 62.0 Å². The van der Waals surface area contributed by atoms with E-state index in [-0.39, 0.29) is 0 Å². The Hall–Kier alpha value is -0.840. The van der Waals surface area contributed by atoms with Crippen LogP contribution in [0.25, 0.3) is 10.2 Å². The van der Waals surface area contributed by atoms with Gasteiger partial charge in [-0.3, -0.25) is 0 Å². The Balaban J connectivity index is 1.70. The van der Waals surface area contributed by atoms with Crippen molar-refractivity contribution >= 4 is 56.4 Å². The van der Waals surface area contributed by atoms with Crippen LogP contribution in [0.15, 0.2) is 36.4 Å². The molecule has 0 saturated heterocycles. The molecule has 1 heterocycles. The number of hydrogen-bond donors (Lipinski definition) is 1. The number of rotatable bonds is 4. The monoisotopic (exact) mass is 356 g/mol. The van der Waals surface area contributed by atoms with Crippen molar-refractivity contribution in [3.63, 3.8) is 0 Å². The average molecular weight is 358 g/mol. The smallest absolute Gasteiger partial charge is 0.108 e. The largest absolute Gasteiger partial charge is 0.306 e. The molecule has 0 fully saturated rings. The number of hydrogen-bond acceptors (Lipinski definition) is 3. The minimum Gasteiger partial charge on any atom is -0.306 e. The van der Waals surface area contributed by atoms with Gasteiger partial charge < -0.3 is 5.32 Å². The molecule has 3 aromatic rings. The van der Waals surface area contributed by atoms with Gasteiger partial charge in [0, 0.05) is 23.7 Å². The van der Waals surface area contributed by atoms with Crippen molar-refractivity contribution in [1.82, 2.24) is 10.3 Å². The summed E-state index contributed by atoms with van der Waals surface area (Å²) in [5.74, 6) is 0. The summed E-state index contributed by atoms with van der Waals surface area (Å²) < 4.78 is 1.19. The highest BCUT2D eigenvalue weighted by molar-refractivity contribution is 7.18. The zero-order valence-corrected chi connectivity index (χ0v) is 14.0. The first-order chi connectivity index (χ1) is 10.1. The fourth-order valence-corrected chi connectivity index (χ4v) is 3.64. The third-order valence-corrected chi connectivity index (χ3v) is 5.29. The van der Waals surface area contributed by atoms with Crippen molar-refractivity contribution in [2.45, 2.75) is 13.1 Å². The molecule has 0 spiro atoms. The van der Waals surface area contributed by atoms with Gasteiger partial charge in [0.25, 0.3) is 0 Å². The molecule has 6 heteroatoms. The minimum atomic E-state index is 0.501. The second kappa shape index (κ2) is 6.51. The van der Waals surface area contributed by atoms with Crippen LogP contribution in [-0.4, -0.2) is 4.98 Å². The van der Waals surface area contributed by atoms with Crippen molar-refractivity contribution < 1.29 is 0 Å². The Labute approximate surface area is 141 Å². The van der Waals surface area contributed by atoms with E-state index in [1.165, 1.54) is 4.70 Å². The van der Waals surface area contributed by atoms with E-state index in [1.807, 2.05) is 18.2 Å². The Kier molecular flexibility index (Phi) is 4.67. The molecule has 0 aliphatic heterocycles. The predicted molar refractivity (Wildman–Crippen MR) is 91.6 cm³/mol. The first-order valence-electron chi connectivity index (χ1n) is 6.32. The van der Waals surface area contributed by atoms with Crippen molar-refractivity contribution in [3.8, 4) is 0 Å². The fraction of sp³-hybridized carbons (Fsp3) is 0.133. The van der Waals surface area contributed by atoms with Crippen LogP contribution in [0.1, 0.15) is 10.6 Å². The van der Waals surface area contributed by atoms with Crippen molar-refractivity contribution in [2.75, 3.05) is 0 Å². The lowest BCUT2D eigenvalue weighted by atomic mass is 10.2. The lowest BCUT2D eigenvalue weighted by Crippen LogP contribution is -2.13. The molecule has 21 heavy (non-hydrogen) atoms. The molecule has 108 valence electrons. The lowest BCUT2D eigenvalue weighted by molar-refractivity contribution is 0.691. The van der Waals surface area contributed by atoms with Gasteiger partial charge in [0.2, 0.25) is 0 Å². The molecule has 0 unspecified atom stereocenters. The zero-order valence-electron chi connectivity index (χ0n) is 10.9. The van der Waals surface area contributed by atoms with Crippen LogP contribution in [0, 0.1) is 0 Å². The first kappa shape index (κ1) is 15.1. The van der Waals surface area contributed by atoms with Crippen molar-refractivity contribution in [1.29, 1.82) is 0 Å². The van der Waals surface area contributed by atoms with Crippen molar-refractivity contribution in [2.24, 2.45) is 0 Å². The summed E-state index contributed by atoms with van der Waals surface area (Å²) in [5, 5.41) is 5.97. The molecule has 0 amide bonds. The maximum Gasteiger partial charge on any atom is 0.108 e. The molecule has 0 aliphatic carbocycles. The molecular formula is C15H11Cl3N2S. The normalized spacial score (nSPS) is 11.2. The molecule has 3 rings (SSSR count). The highest BCUT2D eigenvalue weighted by Gasteiger charge is 2.10.